The van der Waals surface area contributed by atoms with Gasteiger partial charge in [-0.2, -0.15) is 0 Å². The number of nitrogens with two attached hydrogens (primary N) is 2. The van der Waals surface area contributed by atoms with Crippen LogP contribution >= 0.6 is 0 Å². The Hall–Kier alpha value is -1.19. The first-order chi connectivity index (χ1) is 6.60. The molecule has 2 fully saturated rings. The number of carbonyl (C=O) groups is 1. The topological polar surface area (TPSA) is 81.1 Å². The molecule has 0 spiro atoms. The van der Waals surface area contributed by atoms with E-state index in [1.54, 1.807) is 0 Å². The van der Waals surface area contributed by atoms with E-state index in [1.165, 1.54) is 38.2 Å². The van der Waals surface area contributed by atoms with Crippen LogP contribution in [0.4, 0.5) is 0 Å². The van der Waals surface area contributed by atoms with E-state index >= 15 is 0 Å². The minimum atomic E-state index is -0.487. The predicted octanol–water partition coefficient (Wildman–Crippen LogP) is 0.194. The van der Waals surface area contributed by atoms with Gasteiger partial charge in [0.1, 0.15) is 5.82 Å². The van der Waals surface area contributed by atoms with Gasteiger partial charge in [-0.05, 0) is 38.0 Å². The molecule has 0 aliphatic heterocycles. The quantitative estimate of drug-likeness (QED) is 0.562. The Bertz CT molecular complexity index is 277. The lowest BCUT2D eigenvalue weighted by atomic mass is 9.94. The van der Waals surface area contributed by atoms with Crippen LogP contribution in [0.15, 0.2) is 11.9 Å². The molecule has 0 unspecified atom stereocenters. The Morgan fingerprint density at radius 2 is 2.00 bits per heavy atom. The second kappa shape index (κ2) is 3.19. The van der Waals surface area contributed by atoms with E-state index < -0.39 is 5.91 Å². The van der Waals surface area contributed by atoms with Gasteiger partial charge in [0, 0.05) is 11.6 Å². The highest BCUT2D eigenvalue weighted by atomic mass is 16.1. The van der Waals surface area contributed by atoms with E-state index in [9.17, 15) is 4.79 Å². The molecule has 78 valence electrons. The Kier molecular flexibility index (Phi) is 2.13. The summed E-state index contributed by atoms with van der Waals surface area (Å²) in [6, 6.07) is 0. The zero-order valence-electron chi connectivity index (χ0n) is 8.25. The molecule has 4 nitrogen and oxygen atoms in total. The Balaban J connectivity index is 2.00. The maximum Gasteiger partial charge on any atom is 0.245 e. The number of amides is 1. The number of fused-ring (bicyclic) bond motifs is 2. The number of hydrogen-bond acceptors (Lipinski definition) is 3. The van der Waals surface area contributed by atoms with Crippen LogP contribution in [0.3, 0.4) is 0 Å². The Morgan fingerprint density at radius 1 is 1.36 bits per heavy atom. The van der Waals surface area contributed by atoms with Crippen molar-refractivity contribution in [2.24, 2.45) is 17.4 Å². The third-order valence-corrected chi connectivity index (χ3v) is 3.45. The molecule has 2 aliphatic carbocycles. The molecule has 0 atom stereocenters. The van der Waals surface area contributed by atoms with Crippen LogP contribution in [0.2, 0.25) is 0 Å². The van der Waals surface area contributed by atoms with Gasteiger partial charge < -0.3 is 16.8 Å². The first-order valence-corrected chi connectivity index (χ1v) is 5.14. The largest absolute Gasteiger partial charge is 0.385 e. The van der Waals surface area contributed by atoms with Gasteiger partial charge in [0.15, 0.2) is 0 Å². The fourth-order valence-corrected chi connectivity index (χ4v) is 2.86. The summed E-state index contributed by atoms with van der Waals surface area (Å²) in [6.07, 6.45) is 7.38. The van der Waals surface area contributed by atoms with Crippen molar-refractivity contribution < 1.29 is 4.79 Å². The molecule has 2 bridgehead atoms. The van der Waals surface area contributed by atoms with Crippen molar-refractivity contribution in [3.63, 3.8) is 0 Å². The summed E-state index contributed by atoms with van der Waals surface area (Å²) in [5, 5.41) is 3.25. The number of rotatable bonds is 3. The number of carbonyl (C=O) groups excluding carboxylic acids is 1. The summed E-state index contributed by atoms with van der Waals surface area (Å²) in [6.45, 7) is 0. The second-order valence-electron chi connectivity index (χ2n) is 4.55. The molecule has 0 heterocycles. The van der Waals surface area contributed by atoms with E-state index in [0.717, 1.165) is 5.92 Å². The minimum absolute atomic E-state index is 0.167. The highest BCUT2D eigenvalue weighted by Crippen LogP contribution is 2.47. The molecule has 2 rings (SSSR count). The van der Waals surface area contributed by atoms with Crippen molar-refractivity contribution >= 4 is 5.91 Å². The molecule has 1 amide bonds. The van der Waals surface area contributed by atoms with Gasteiger partial charge in [-0.1, -0.05) is 0 Å². The maximum absolute atomic E-state index is 10.6. The molecule has 4 heteroatoms. The zero-order valence-corrected chi connectivity index (χ0v) is 8.25. The molecule has 0 radical (unpaired) electrons. The van der Waals surface area contributed by atoms with Crippen LogP contribution in [0.5, 0.6) is 0 Å². The van der Waals surface area contributed by atoms with Crippen LogP contribution in [0, 0.1) is 5.92 Å². The Morgan fingerprint density at radius 3 is 2.43 bits per heavy atom. The van der Waals surface area contributed by atoms with Crippen LogP contribution < -0.4 is 16.8 Å². The lowest BCUT2D eigenvalue weighted by molar-refractivity contribution is -0.113. The van der Waals surface area contributed by atoms with E-state index in [0.29, 0.717) is 5.82 Å². The zero-order chi connectivity index (χ0) is 10.2. The third kappa shape index (κ3) is 1.69. The Labute approximate surface area is 83.7 Å². The van der Waals surface area contributed by atoms with Crippen molar-refractivity contribution in [1.82, 2.24) is 5.32 Å². The molecule has 5 N–H and O–H groups in total. The number of hydrogen-bond donors (Lipinski definition) is 3. The van der Waals surface area contributed by atoms with Crippen LogP contribution in [-0.4, -0.2) is 11.4 Å². The first-order valence-electron chi connectivity index (χ1n) is 5.14. The highest BCUT2D eigenvalue weighted by Gasteiger charge is 2.44. The number of nitrogens with one attached hydrogen (secondary N) is 1. The molecular weight excluding hydrogens is 178 g/mol. The average molecular weight is 195 g/mol. The summed E-state index contributed by atoms with van der Waals surface area (Å²) in [4.78, 5) is 10.6. The molecule has 14 heavy (non-hydrogen) atoms. The molecule has 0 aromatic heterocycles. The fraction of sp³-hybridized carbons (Fsp3) is 0.700. The highest BCUT2D eigenvalue weighted by molar-refractivity contribution is 5.86. The van der Waals surface area contributed by atoms with Gasteiger partial charge in [-0.25, -0.2) is 0 Å². The van der Waals surface area contributed by atoms with Gasteiger partial charge in [-0.3, -0.25) is 4.79 Å². The van der Waals surface area contributed by atoms with E-state index in [1.807, 2.05) is 0 Å². The van der Waals surface area contributed by atoms with E-state index in [2.05, 4.69) is 5.32 Å². The fourth-order valence-electron chi connectivity index (χ4n) is 2.86. The molecule has 0 aromatic rings. The molecule has 0 saturated heterocycles. The first kappa shape index (κ1) is 9.37. The summed E-state index contributed by atoms with van der Waals surface area (Å²) < 4.78 is 0. The van der Waals surface area contributed by atoms with Gasteiger partial charge in [0.2, 0.25) is 5.91 Å². The van der Waals surface area contributed by atoms with Gasteiger partial charge in [0.05, 0.1) is 0 Å². The predicted molar refractivity (Wildman–Crippen MR) is 53.9 cm³/mol. The molecule has 2 aliphatic rings. The van der Waals surface area contributed by atoms with Crippen molar-refractivity contribution in [1.29, 1.82) is 0 Å². The smallest absolute Gasteiger partial charge is 0.245 e. The third-order valence-electron chi connectivity index (χ3n) is 3.45. The second-order valence-corrected chi connectivity index (χ2v) is 4.55. The van der Waals surface area contributed by atoms with Crippen LogP contribution in [-0.2, 0) is 4.79 Å². The monoisotopic (exact) mass is 195 g/mol. The number of primary amides is 1. The van der Waals surface area contributed by atoms with Gasteiger partial charge in [-0.15, -0.1) is 0 Å². The summed E-state index contributed by atoms with van der Waals surface area (Å²) >= 11 is 0. The summed E-state index contributed by atoms with van der Waals surface area (Å²) in [5.74, 6) is 0.794. The molecule has 2 saturated carbocycles. The lowest BCUT2D eigenvalue weighted by Gasteiger charge is -2.29. The maximum atomic E-state index is 10.6. The lowest BCUT2D eigenvalue weighted by Crippen LogP contribution is -2.43. The van der Waals surface area contributed by atoms with Crippen molar-refractivity contribution in [2.75, 3.05) is 0 Å². The molecular formula is C10H17N3O. The molecule has 0 aromatic carbocycles. The average Bonchev–Trinajstić information content (AvgIpc) is 2.60. The van der Waals surface area contributed by atoms with Crippen molar-refractivity contribution in [2.45, 2.75) is 37.6 Å². The minimum Gasteiger partial charge on any atom is -0.385 e. The summed E-state index contributed by atoms with van der Waals surface area (Å²) in [5.41, 5.74) is 10.9. The van der Waals surface area contributed by atoms with Crippen molar-refractivity contribution in [3.05, 3.63) is 11.9 Å². The van der Waals surface area contributed by atoms with E-state index in [-0.39, 0.29) is 5.54 Å². The van der Waals surface area contributed by atoms with Crippen molar-refractivity contribution in [3.8, 4) is 0 Å². The SMILES string of the molecule is NC(=O)C=C(N)NC12CCC(CC1)C2. The van der Waals surface area contributed by atoms with Gasteiger partial charge in [0.25, 0.3) is 0 Å². The van der Waals surface area contributed by atoms with E-state index in [4.69, 9.17) is 11.5 Å². The van der Waals surface area contributed by atoms with Crippen LogP contribution in [0.1, 0.15) is 32.1 Å². The normalized spacial score (nSPS) is 36.0. The summed E-state index contributed by atoms with van der Waals surface area (Å²) in [7, 11) is 0. The standard InChI is InChI=1S/C10H17N3O/c11-8(5-9(12)14)13-10-3-1-7(6-10)2-4-10/h5,7,13H,1-4,6,11H2,(H2,12,14). The van der Waals surface area contributed by atoms with Gasteiger partial charge >= 0.3 is 0 Å². The van der Waals surface area contributed by atoms with Crippen LogP contribution in [0.25, 0.3) is 0 Å².